The molecule has 3 atom stereocenters. The van der Waals surface area contributed by atoms with Crippen LogP contribution in [0.2, 0.25) is 0 Å². The Morgan fingerprint density at radius 1 is 1.53 bits per heavy atom. The van der Waals surface area contributed by atoms with Gasteiger partial charge in [-0.3, -0.25) is 4.79 Å². The molecule has 1 fully saturated rings. The minimum Gasteiger partial charge on any atom is -0.391 e. The molecule has 0 aliphatic carbocycles. The molecule has 3 unspecified atom stereocenters. The lowest BCUT2D eigenvalue weighted by Gasteiger charge is -2.29. The number of carbonyl (C=O) groups excluding carboxylic acids is 1. The molecular formula is C13H26N2O2. The first-order valence-corrected chi connectivity index (χ1v) is 6.86. The summed E-state index contributed by atoms with van der Waals surface area (Å²) in [6, 6.07) is -0.0671. The van der Waals surface area contributed by atoms with Gasteiger partial charge in [-0.05, 0) is 31.7 Å². The minimum absolute atomic E-state index is 0.0401. The number of hydrogen-bond donors (Lipinski definition) is 3. The van der Waals surface area contributed by atoms with Crippen LogP contribution in [-0.2, 0) is 4.79 Å². The van der Waals surface area contributed by atoms with Crippen molar-refractivity contribution < 1.29 is 9.90 Å². The van der Waals surface area contributed by atoms with Gasteiger partial charge in [0.25, 0.3) is 0 Å². The molecule has 1 amide bonds. The third-order valence-corrected chi connectivity index (χ3v) is 3.54. The lowest BCUT2D eigenvalue weighted by molar-refractivity contribution is -0.124. The fraction of sp³-hybridized carbons (Fsp3) is 0.923. The van der Waals surface area contributed by atoms with E-state index in [0.29, 0.717) is 12.5 Å². The van der Waals surface area contributed by atoms with Gasteiger partial charge in [-0.1, -0.05) is 26.7 Å². The number of aliphatic hydroxyl groups excluding tert-OH is 1. The first-order valence-electron chi connectivity index (χ1n) is 6.86. The third kappa shape index (κ3) is 5.04. The first-order chi connectivity index (χ1) is 8.17. The number of aliphatic hydroxyl groups is 1. The molecule has 1 aliphatic heterocycles. The van der Waals surface area contributed by atoms with Gasteiger partial charge in [0.2, 0.25) is 5.91 Å². The van der Waals surface area contributed by atoms with E-state index in [1.807, 2.05) is 6.92 Å². The molecule has 0 saturated carbocycles. The molecule has 100 valence electrons. The zero-order valence-corrected chi connectivity index (χ0v) is 11.0. The molecule has 0 aromatic carbocycles. The molecule has 0 radical (unpaired) electrons. The Bertz CT molecular complexity index is 233. The van der Waals surface area contributed by atoms with Gasteiger partial charge >= 0.3 is 0 Å². The van der Waals surface area contributed by atoms with Crippen molar-refractivity contribution in [1.82, 2.24) is 10.6 Å². The maximum atomic E-state index is 11.9. The largest absolute Gasteiger partial charge is 0.391 e. The van der Waals surface area contributed by atoms with Gasteiger partial charge in [-0.15, -0.1) is 0 Å². The Hall–Kier alpha value is -0.610. The second-order valence-electron chi connectivity index (χ2n) is 4.99. The second-order valence-corrected chi connectivity index (χ2v) is 4.99. The molecule has 1 saturated heterocycles. The van der Waals surface area contributed by atoms with Crippen molar-refractivity contribution in [2.45, 2.75) is 58.1 Å². The Kier molecular flexibility index (Phi) is 6.52. The number of carbonyl (C=O) groups is 1. The zero-order valence-electron chi connectivity index (χ0n) is 11.0. The second kappa shape index (κ2) is 7.67. The highest BCUT2D eigenvalue weighted by atomic mass is 16.3. The SMILES string of the molecule is CCCC(O)CNC(=O)C1CC(CC)CCN1. The van der Waals surface area contributed by atoms with E-state index in [9.17, 15) is 9.90 Å². The molecule has 0 aromatic heterocycles. The van der Waals surface area contributed by atoms with Crippen molar-refractivity contribution in [2.75, 3.05) is 13.1 Å². The van der Waals surface area contributed by atoms with Gasteiger partial charge < -0.3 is 15.7 Å². The summed E-state index contributed by atoms with van der Waals surface area (Å²) in [5.74, 6) is 0.700. The van der Waals surface area contributed by atoms with Gasteiger partial charge in [-0.2, -0.15) is 0 Å². The summed E-state index contributed by atoms with van der Waals surface area (Å²) in [5, 5.41) is 15.6. The Morgan fingerprint density at radius 2 is 2.29 bits per heavy atom. The quantitative estimate of drug-likeness (QED) is 0.652. The topological polar surface area (TPSA) is 61.4 Å². The van der Waals surface area contributed by atoms with Crippen molar-refractivity contribution in [1.29, 1.82) is 0 Å². The number of piperidine rings is 1. The summed E-state index contributed by atoms with van der Waals surface area (Å²) in [5.41, 5.74) is 0. The molecule has 17 heavy (non-hydrogen) atoms. The predicted octanol–water partition coefficient (Wildman–Crippen LogP) is 1.04. The third-order valence-electron chi connectivity index (χ3n) is 3.54. The van der Waals surface area contributed by atoms with E-state index in [0.717, 1.165) is 32.2 Å². The van der Waals surface area contributed by atoms with Crippen LogP contribution >= 0.6 is 0 Å². The van der Waals surface area contributed by atoms with Crippen LogP contribution in [0.3, 0.4) is 0 Å². The highest BCUT2D eigenvalue weighted by molar-refractivity contribution is 5.81. The fourth-order valence-corrected chi connectivity index (χ4v) is 2.34. The van der Waals surface area contributed by atoms with Crippen molar-refractivity contribution in [3.05, 3.63) is 0 Å². The molecule has 1 aliphatic rings. The molecule has 1 heterocycles. The van der Waals surface area contributed by atoms with E-state index in [2.05, 4.69) is 17.6 Å². The van der Waals surface area contributed by atoms with E-state index in [1.165, 1.54) is 6.42 Å². The van der Waals surface area contributed by atoms with Gasteiger partial charge in [0.05, 0.1) is 12.1 Å². The van der Waals surface area contributed by atoms with Crippen LogP contribution in [0.15, 0.2) is 0 Å². The Labute approximate surface area is 104 Å². The normalized spacial score (nSPS) is 26.5. The minimum atomic E-state index is -0.408. The van der Waals surface area contributed by atoms with Gasteiger partial charge in [0, 0.05) is 6.54 Å². The molecule has 3 N–H and O–H groups in total. The highest BCUT2D eigenvalue weighted by Crippen LogP contribution is 2.19. The monoisotopic (exact) mass is 242 g/mol. The predicted molar refractivity (Wildman–Crippen MR) is 68.7 cm³/mol. The number of amides is 1. The molecule has 4 heteroatoms. The van der Waals surface area contributed by atoms with Gasteiger partial charge in [-0.25, -0.2) is 0 Å². The van der Waals surface area contributed by atoms with Crippen LogP contribution in [0.1, 0.15) is 46.0 Å². The van der Waals surface area contributed by atoms with Crippen LogP contribution in [0.4, 0.5) is 0 Å². The standard InChI is InChI=1S/C13H26N2O2/c1-3-5-11(16)9-15-13(17)12-8-10(4-2)6-7-14-12/h10-12,14,16H,3-9H2,1-2H3,(H,15,17). The summed E-state index contributed by atoms with van der Waals surface area (Å²) in [6.07, 6.45) is 4.51. The number of hydrogen-bond acceptors (Lipinski definition) is 3. The van der Waals surface area contributed by atoms with Crippen LogP contribution in [0.25, 0.3) is 0 Å². The molecule has 4 nitrogen and oxygen atoms in total. The van der Waals surface area contributed by atoms with Gasteiger partial charge in [0.1, 0.15) is 0 Å². The summed E-state index contributed by atoms with van der Waals surface area (Å²) < 4.78 is 0. The van der Waals surface area contributed by atoms with E-state index in [1.54, 1.807) is 0 Å². The van der Waals surface area contributed by atoms with E-state index < -0.39 is 6.10 Å². The van der Waals surface area contributed by atoms with Crippen molar-refractivity contribution in [3.63, 3.8) is 0 Å². The summed E-state index contributed by atoms with van der Waals surface area (Å²) in [4.78, 5) is 11.9. The zero-order chi connectivity index (χ0) is 12.7. The van der Waals surface area contributed by atoms with E-state index in [-0.39, 0.29) is 11.9 Å². The van der Waals surface area contributed by atoms with Crippen LogP contribution in [0, 0.1) is 5.92 Å². The lowest BCUT2D eigenvalue weighted by Crippen LogP contribution is -2.50. The van der Waals surface area contributed by atoms with E-state index in [4.69, 9.17) is 0 Å². The summed E-state index contributed by atoms with van der Waals surface area (Å²) >= 11 is 0. The number of rotatable bonds is 6. The van der Waals surface area contributed by atoms with Crippen molar-refractivity contribution in [2.24, 2.45) is 5.92 Å². The first kappa shape index (κ1) is 14.5. The molecule has 1 rings (SSSR count). The number of nitrogens with one attached hydrogen (secondary N) is 2. The van der Waals surface area contributed by atoms with Crippen LogP contribution in [0.5, 0.6) is 0 Å². The molecular weight excluding hydrogens is 216 g/mol. The smallest absolute Gasteiger partial charge is 0.237 e. The maximum Gasteiger partial charge on any atom is 0.237 e. The molecule has 0 spiro atoms. The van der Waals surface area contributed by atoms with E-state index >= 15 is 0 Å². The lowest BCUT2D eigenvalue weighted by atomic mass is 9.90. The van der Waals surface area contributed by atoms with Crippen LogP contribution < -0.4 is 10.6 Å². The average Bonchev–Trinajstić information content (AvgIpc) is 2.36. The molecule has 0 aromatic rings. The van der Waals surface area contributed by atoms with Crippen molar-refractivity contribution >= 4 is 5.91 Å². The fourth-order valence-electron chi connectivity index (χ4n) is 2.34. The van der Waals surface area contributed by atoms with Crippen LogP contribution in [-0.4, -0.2) is 36.2 Å². The maximum absolute atomic E-state index is 11.9. The highest BCUT2D eigenvalue weighted by Gasteiger charge is 2.25. The molecule has 0 bridgehead atoms. The summed E-state index contributed by atoms with van der Waals surface area (Å²) in [6.45, 7) is 5.51. The van der Waals surface area contributed by atoms with Crippen molar-refractivity contribution in [3.8, 4) is 0 Å². The summed E-state index contributed by atoms with van der Waals surface area (Å²) in [7, 11) is 0. The average molecular weight is 242 g/mol. The Balaban J connectivity index is 2.27. The van der Waals surface area contributed by atoms with Gasteiger partial charge in [0.15, 0.2) is 0 Å². The Morgan fingerprint density at radius 3 is 2.94 bits per heavy atom.